The summed E-state index contributed by atoms with van der Waals surface area (Å²) in [6, 6.07) is 10.2. The molecule has 1 aromatic heterocycles. The quantitative estimate of drug-likeness (QED) is 0.421. The Morgan fingerprint density at radius 3 is 2.50 bits per heavy atom. The Balaban J connectivity index is 1.67. The highest BCUT2D eigenvalue weighted by Crippen LogP contribution is 2.27. The summed E-state index contributed by atoms with van der Waals surface area (Å²) in [5.74, 6) is -1.14. The fraction of sp³-hybridized carbons (Fsp3) is 0.273. The summed E-state index contributed by atoms with van der Waals surface area (Å²) in [6.45, 7) is 5.78. The Hall–Kier alpha value is -3.04. The molecule has 0 radical (unpaired) electrons. The van der Waals surface area contributed by atoms with Crippen molar-refractivity contribution in [1.29, 1.82) is 0 Å². The summed E-state index contributed by atoms with van der Waals surface area (Å²) in [6.07, 6.45) is 0.658. The smallest absolute Gasteiger partial charge is 0.319 e. The number of aromatic nitrogens is 2. The lowest BCUT2D eigenvalue weighted by atomic mass is 9.98. The van der Waals surface area contributed by atoms with E-state index in [1.165, 1.54) is 23.5 Å². The number of halogens is 2. The van der Waals surface area contributed by atoms with Crippen LogP contribution in [0.2, 0.25) is 5.02 Å². The molecule has 0 saturated heterocycles. The first-order chi connectivity index (χ1) is 15.3. The Kier molecular flexibility index (Phi) is 7.76. The van der Waals surface area contributed by atoms with Crippen LogP contribution in [0.15, 0.2) is 42.5 Å². The zero-order valence-electron chi connectivity index (χ0n) is 17.8. The second-order valence-electron chi connectivity index (χ2n) is 7.36. The van der Waals surface area contributed by atoms with Gasteiger partial charge in [-0.1, -0.05) is 73.0 Å². The van der Waals surface area contributed by atoms with E-state index in [2.05, 4.69) is 26.1 Å². The van der Waals surface area contributed by atoms with Crippen LogP contribution in [0.1, 0.15) is 25.8 Å². The first kappa shape index (κ1) is 23.6. The Morgan fingerprint density at radius 2 is 1.84 bits per heavy atom. The molecule has 2 aromatic carbocycles. The first-order valence-corrected chi connectivity index (χ1v) is 11.2. The molecule has 0 saturated carbocycles. The van der Waals surface area contributed by atoms with Gasteiger partial charge in [0.1, 0.15) is 16.9 Å². The normalized spacial score (nSPS) is 12.7. The number of carbonyl (C=O) groups is 2. The van der Waals surface area contributed by atoms with E-state index in [0.29, 0.717) is 22.2 Å². The van der Waals surface area contributed by atoms with Crippen LogP contribution in [-0.2, 0) is 4.79 Å². The fourth-order valence-corrected chi connectivity index (χ4v) is 3.79. The van der Waals surface area contributed by atoms with Crippen LogP contribution in [0, 0.1) is 18.7 Å². The number of amides is 3. The monoisotopic (exact) mass is 475 g/mol. The SMILES string of the molecule is CCC(C)C(NC(=O)Nc1ccc(F)c(Cl)c1)C(=O)Nc1nnc(-c2ccc(C)cc2)s1. The minimum Gasteiger partial charge on any atom is -0.326 e. The van der Waals surface area contributed by atoms with Gasteiger partial charge in [0.25, 0.3) is 0 Å². The molecule has 2 unspecified atom stereocenters. The Labute approximate surface area is 194 Å². The molecule has 0 bridgehead atoms. The third-order valence-corrected chi connectivity index (χ3v) is 6.09. The molecule has 10 heteroatoms. The van der Waals surface area contributed by atoms with Crippen LogP contribution in [0.25, 0.3) is 10.6 Å². The van der Waals surface area contributed by atoms with E-state index in [0.717, 1.165) is 17.2 Å². The molecule has 3 aromatic rings. The summed E-state index contributed by atoms with van der Waals surface area (Å²) in [5.41, 5.74) is 2.35. The van der Waals surface area contributed by atoms with Crippen LogP contribution >= 0.6 is 22.9 Å². The summed E-state index contributed by atoms with van der Waals surface area (Å²) in [7, 11) is 0. The minimum atomic E-state index is -0.817. The zero-order chi connectivity index (χ0) is 23.3. The van der Waals surface area contributed by atoms with Crippen molar-refractivity contribution in [1.82, 2.24) is 15.5 Å². The van der Waals surface area contributed by atoms with Crippen molar-refractivity contribution < 1.29 is 14.0 Å². The first-order valence-electron chi connectivity index (χ1n) is 10.0. The van der Waals surface area contributed by atoms with Gasteiger partial charge in [-0.15, -0.1) is 10.2 Å². The predicted octanol–water partition coefficient (Wildman–Crippen LogP) is 5.48. The number of nitrogens with zero attached hydrogens (tertiary/aromatic N) is 2. The third kappa shape index (κ3) is 6.02. The highest BCUT2D eigenvalue weighted by atomic mass is 35.5. The number of anilines is 2. The van der Waals surface area contributed by atoms with Gasteiger partial charge in [0.2, 0.25) is 11.0 Å². The van der Waals surface area contributed by atoms with Crippen LogP contribution < -0.4 is 16.0 Å². The summed E-state index contributed by atoms with van der Waals surface area (Å²) < 4.78 is 13.3. The maximum absolute atomic E-state index is 13.3. The van der Waals surface area contributed by atoms with Gasteiger partial charge in [0.15, 0.2) is 0 Å². The molecule has 2 atom stereocenters. The minimum absolute atomic E-state index is 0.111. The van der Waals surface area contributed by atoms with Gasteiger partial charge in [-0.2, -0.15) is 0 Å². The lowest BCUT2D eigenvalue weighted by Gasteiger charge is -2.23. The van der Waals surface area contributed by atoms with Crippen molar-refractivity contribution >= 4 is 45.7 Å². The van der Waals surface area contributed by atoms with Gasteiger partial charge in [-0.3, -0.25) is 10.1 Å². The van der Waals surface area contributed by atoms with Crippen LogP contribution in [0.3, 0.4) is 0 Å². The lowest BCUT2D eigenvalue weighted by molar-refractivity contribution is -0.119. The number of carbonyl (C=O) groups excluding carboxylic acids is 2. The molecule has 1 heterocycles. The number of benzene rings is 2. The van der Waals surface area contributed by atoms with Crippen molar-refractivity contribution in [2.24, 2.45) is 5.92 Å². The summed E-state index contributed by atoms with van der Waals surface area (Å²) in [4.78, 5) is 25.4. The molecule has 0 spiro atoms. The number of urea groups is 1. The molecular weight excluding hydrogens is 453 g/mol. The number of rotatable bonds is 7. The van der Waals surface area contributed by atoms with Gasteiger partial charge >= 0.3 is 6.03 Å². The van der Waals surface area contributed by atoms with Crippen LogP contribution in [-0.4, -0.2) is 28.2 Å². The van der Waals surface area contributed by atoms with E-state index in [4.69, 9.17) is 11.6 Å². The van der Waals surface area contributed by atoms with E-state index in [1.807, 2.05) is 45.0 Å². The molecule has 168 valence electrons. The van der Waals surface area contributed by atoms with Crippen molar-refractivity contribution in [3.8, 4) is 10.6 Å². The second kappa shape index (κ2) is 10.5. The van der Waals surface area contributed by atoms with Crippen molar-refractivity contribution in [2.45, 2.75) is 33.2 Å². The molecule has 0 fully saturated rings. The maximum Gasteiger partial charge on any atom is 0.319 e. The number of hydrogen-bond acceptors (Lipinski definition) is 5. The van der Waals surface area contributed by atoms with E-state index in [1.54, 1.807) is 0 Å². The van der Waals surface area contributed by atoms with Gasteiger partial charge in [-0.05, 0) is 31.0 Å². The topological polar surface area (TPSA) is 96.0 Å². The number of aryl methyl sites for hydroxylation is 1. The largest absolute Gasteiger partial charge is 0.326 e. The fourth-order valence-electron chi connectivity index (χ4n) is 2.85. The van der Waals surface area contributed by atoms with Crippen LogP contribution in [0.4, 0.5) is 20.0 Å². The predicted molar refractivity (Wildman–Crippen MR) is 126 cm³/mol. The summed E-state index contributed by atoms with van der Waals surface area (Å²) in [5, 5.41) is 17.1. The number of nitrogens with one attached hydrogen (secondary N) is 3. The van der Waals surface area contributed by atoms with Crippen molar-refractivity contribution in [2.75, 3.05) is 10.6 Å². The number of hydrogen-bond donors (Lipinski definition) is 3. The highest BCUT2D eigenvalue weighted by Gasteiger charge is 2.27. The molecule has 3 amide bonds. The second-order valence-corrected chi connectivity index (χ2v) is 8.74. The summed E-state index contributed by atoms with van der Waals surface area (Å²) >= 11 is 7.00. The average Bonchev–Trinajstić information content (AvgIpc) is 3.23. The molecule has 3 N–H and O–H groups in total. The van der Waals surface area contributed by atoms with E-state index < -0.39 is 23.8 Å². The molecule has 0 aliphatic carbocycles. The van der Waals surface area contributed by atoms with Crippen LogP contribution in [0.5, 0.6) is 0 Å². The van der Waals surface area contributed by atoms with E-state index in [9.17, 15) is 14.0 Å². The van der Waals surface area contributed by atoms with Gasteiger partial charge in [0.05, 0.1) is 5.02 Å². The standard InChI is InChI=1S/C22H23ClFN5O2S/c1-4-13(3)18(26-21(31)25-15-9-10-17(24)16(23)11-15)19(30)27-22-29-28-20(32-22)14-7-5-12(2)6-8-14/h5-11,13,18H,4H2,1-3H3,(H2,25,26,31)(H,27,29,30). The van der Waals surface area contributed by atoms with Gasteiger partial charge in [-0.25, -0.2) is 9.18 Å². The molecular formula is C22H23ClFN5O2S. The van der Waals surface area contributed by atoms with Crippen molar-refractivity contribution in [3.63, 3.8) is 0 Å². The third-order valence-electron chi connectivity index (χ3n) is 4.91. The molecule has 3 rings (SSSR count). The molecule has 32 heavy (non-hydrogen) atoms. The van der Waals surface area contributed by atoms with Gasteiger partial charge in [0, 0.05) is 11.3 Å². The van der Waals surface area contributed by atoms with E-state index in [-0.39, 0.29) is 10.9 Å². The van der Waals surface area contributed by atoms with E-state index >= 15 is 0 Å². The Bertz CT molecular complexity index is 1110. The maximum atomic E-state index is 13.3. The highest BCUT2D eigenvalue weighted by molar-refractivity contribution is 7.18. The molecule has 7 nitrogen and oxygen atoms in total. The lowest BCUT2D eigenvalue weighted by Crippen LogP contribution is -2.49. The molecule has 0 aliphatic rings. The zero-order valence-corrected chi connectivity index (χ0v) is 19.4. The molecule has 0 aliphatic heterocycles. The van der Waals surface area contributed by atoms with Crippen molar-refractivity contribution in [3.05, 3.63) is 58.9 Å². The van der Waals surface area contributed by atoms with Gasteiger partial charge < -0.3 is 10.6 Å². The average molecular weight is 476 g/mol. The Morgan fingerprint density at radius 1 is 1.12 bits per heavy atom.